The monoisotopic (exact) mass is 307 g/mol. The Bertz CT molecular complexity index is 715. The number of hydrogen-bond acceptors (Lipinski definition) is 4. The molecule has 0 heterocycles. The van der Waals surface area contributed by atoms with E-state index in [1.165, 1.54) is 36.4 Å². The van der Waals surface area contributed by atoms with E-state index >= 15 is 0 Å². The molecule has 0 radical (unpaired) electrons. The first-order valence-electron chi connectivity index (χ1n) is 5.89. The van der Waals surface area contributed by atoms with E-state index in [1.54, 1.807) is 0 Å². The molecule has 0 saturated carbocycles. The Morgan fingerprint density at radius 1 is 1.14 bits per heavy atom. The van der Waals surface area contributed by atoms with Gasteiger partial charge < -0.3 is 0 Å². The first-order chi connectivity index (χ1) is 9.99. The zero-order chi connectivity index (χ0) is 15.4. The van der Waals surface area contributed by atoms with Crippen LogP contribution in [0.3, 0.4) is 0 Å². The minimum atomic E-state index is -1.84. The Morgan fingerprint density at radius 3 is 2.38 bits per heavy atom. The average molecular weight is 307 g/mol. The molecule has 0 aliphatic carbocycles. The number of nitro benzene ring substituents is 1. The first-order valence-corrected chi connectivity index (χ1v) is 7.21. The van der Waals surface area contributed by atoms with Crippen LogP contribution in [-0.2, 0) is 10.8 Å². The van der Waals surface area contributed by atoms with Crippen LogP contribution in [0.25, 0.3) is 0 Å². The molecule has 0 aliphatic rings. The summed E-state index contributed by atoms with van der Waals surface area (Å²) in [5.41, 5.74) is -0.0777. The van der Waals surface area contributed by atoms with Gasteiger partial charge in [0.1, 0.15) is 10.7 Å². The molecular weight excluding hydrogens is 297 g/mol. The second-order valence-corrected chi connectivity index (χ2v) is 5.56. The smallest absolute Gasteiger partial charge is 0.285 e. The van der Waals surface area contributed by atoms with E-state index in [0.29, 0.717) is 0 Å². The van der Waals surface area contributed by atoms with Gasteiger partial charge in [0.15, 0.2) is 5.78 Å². The second-order valence-electron chi connectivity index (χ2n) is 4.14. The van der Waals surface area contributed by atoms with Crippen molar-refractivity contribution in [2.45, 2.75) is 4.90 Å². The molecule has 21 heavy (non-hydrogen) atoms. The number of benzene rings is 2. The maximum atomic E-state index is 12.8. The van der Waals surface area contributed by atoms with Gasteiger partial charge in [-0.3, -0.25) is 19.1 Å². The summed E-state index contributed by atoms with van der Waals surface area (Å²) in [5, 5.41) is 10.9. The quantitative estimate of drug-likeness (QED) is 0.483. The molecule has 7 heteroatoms. The van der Waals surface area contributed by atoms with Crippen molar-refractivity contribution in [1.82, 2.24) is 0 Å². The number of halogens is 1. The fourth-order valence-electron chi connectivity index (χ4n) is 1.72. The van der Waals surface area contributed by atoms with E-state index < -0.39 is 33.1 Å². The highest BCUT2D eigenvalue weighted by molar-refractivity contribution is 7.86. The molecule has 0 fully saturated rings. The maximum absolute atomic E-state index is 12.8. The van der Waals surface area contributed by atoms with Crippen molar-refractivity contribution in [2.75, 3.05) is 5.75 Å². The molecule has 0 bridgehead atoms. The van der Waals surface area contributed by atoms with E-state index in [0.717, 1.165) is 12.1 Å². The highest BCUT2D eigenvalue weighted by Crippen LogP contribution is 2.22. The standard InChI is InChI=1S/C14H10FNO4S/c15-11-7-5-10(6-8-11)13(17)9-21(20)14-4-2-1-3-12(14)16(18)19/h1-8H,9H2. The molecule has 1 unspecified atom stereocenters. The second kappa shape index (κ2) is 6.36. The summed E-state index contributed by atoms with van der Waals surface area (Å²) >= 11 is 0. The lowest BCUT2D eigenvalue weighted by Crippen LogP contribution is -2.12. The Labute approximate surface area is 122 Å². The van der Waals surface area contributed by atoms with Crippen LogP contribution in [0.2, 0.25) is 0 Å². The average Bonchev–Trinajstić information content (AvgIpc) is 2.47. The fraction of sp³-hybridized carbons (Fsp3) is 0.0714. The third-order valence-electron chi connectivity index (χ3n) is 2.74. The SMILES string of the molecule is O=C(CS(=O)c1ccccc1[N+](=O)[O-])c1ccc(F)cc1. The van der Waals surface area contributed by atoms with Gasteiger partial charge in [-0.2, -0.15) is 0 Å². The maximum Gasteiger partial charge on any atom is 0.285 e. The Balaban J connectivity index is 2.20. The van der Waals surface area contributed by atoms with Gasteiger partial charge in [0.25, 0.3) is 5.69 Å². The Morgan fingerprint density at radius 2 is 1.76 bits per heavy atom. The number of ketones is 1. The molecule has 2 rings (SSSR count). The number of hydrogen-bond donors (Lipinski definition) is 0. The first kappa shape index (κ1) is 15.0. The number of carbonyl (C=O) groups is 1. The molecule has 0 aromatic heterocycles. The van der Waals surface area contributed by atoms with Gasteiger partial charge in [-0.05, 0) is 30.3 Å². The predicted octanol–water partition coefficient (Wildman–Crippen LogP) is 2.72. The van der Waals surface area contributed by atoms with Crippen molar-refractivity contribution in [2.24, 2.45) is 0 Å². The lowest BCUT2D eigenvalue weighted by molar-refractivity contribution is -0.387. The molecule has 1 atom stereocenters. The van der Waals surface area contributed by atoms with Crippen LogP contribution in [0.1, 0.15) is 10.4 Å². The largest absolute Gasteiger partial charge is 0.293 e. The van der Waals surface area contributed by atoms with Gasteiger partial charge in [0, 0.05) is 11.6 Å². The van der Waals surface area contributed by atoms with Gasteiger partial charge in [0.05, 0.1) is 21.5 Å². The molecule has 0 N–H and O–H groups in total. The molecule has 0 spiro atoms. The third kappa shape index (κ3) is 3.57. The summed E-state index contributed by atoms with van der Waals surface area (Å²) in [6, 6.07) is 10.4. The van der Waals surface area contributed by atoms with E-state index in [9.17, 15) is 23.5 Å². The van der Waals surface area contributed by atoms with Crippen molar-refractivity contribution in [3.8, 4) is 0 Å². The van der Waals surface area contributed by atoms with Gasteiger partial charge >= 0.3 is 0 Å². The zero-order valence-electron chi connectivity index (χ0n) is 10.7. The number of nitrogens with zero attached hydrogens (tertiary/aromatic N) is 1. The van der Waals surface area contributed by atoms with Crippen molar-refractivity contribution < 1.29 is 18.3 Å². The minimum absolute atomic E-state index is 0.00189. The highest BCUT2D eigenvalue weighted by Gasteiger charge is 2.20. The topological polar surface area (TPSA) is 77.3 Å². The fourth-order valence-corrected chi connectivity index (χ4v) is 2.88. The molecule has 2 aromatic carbocycles. The van der Waals surface area contributed by atoms with E-state index in [2.05, 4.69) is 0 Å². The van der Waals surface area contributed by atoms with Gasteiger partial charge in [-0.25, -0.2) is 4.39 Å². The summed E-state index contributed by atoms with van der Waals surface area (Å²) in [6.45, 7) is 0. The molecule has 0 amide bonds. The van der Waals surface area contributed by atoms with Crippen LogP contribution in [0, 0.1) is 15.9 Å². The van der Waals surface area contributed by atoms with Crippen molar-refractivity contribution in [3.63, 3.8) is 0 Å². The molecule has 108 valence electrons. The summed E-state index contributed by atoms with van der Waals surface area (Å²) in [5.74, 6) is -1.34. The van der Waals surface area contributed by atoms with Crippen molar-refractivity contribution >= 4 is 22.3 Å². The van der Waals surface area contributed by atoms with Crippen LogP contribution >= 0.6 is 0 Å². The van der Waals surface area contributed by atoms with E-state index in [1.807, 2.05) is 0 Å². The highest BCUT2D eigenvalue weighted by atomic mass is 32.2. The Hall–Kier alpha value is -2.41. The molecule has 0 aliphatic heterocycles. The minimum Gasteiger partial charge on any atom is -0.293 e. The molecule has 2 aromatic rings. The van der Waals surface area contributed by atoms with Crippen LogP contribution in [-0.4, -0.2) is 20.7 Å². The van der Waals surface area contributed by atoms with Crippen LogP contribution < -0.4 is 0 Å². The lowest BCUT2D eigenvalue weighted by atomic mass is 10.1. The van der Waals surface area contributed by atoms with Gasteiger partial charge in [-0.1, -0.05) is 12.1 Å². The summed E-state index contributed by atoms with van der Waals surface area (Å²) in [7, 11) is -1.84. The van der Waals surface area contributed by atoms with Crippen LogP contribution in [0.5, 0.6) is 0 Å². The number of carbonyl (C=O) groups excluding carboxylic acids is 1. The lowest BCUT2D eigenvalue weighted by Gasteiger charge is -2.03. The molecule has 0 saturated heterocycles. The number of para-hydroxylation sites is 1. The van der Waals surface area contributed by atoms with Crippen molar-refractivity contribution in [3.05, 3.63) is 70.0 Å². The number of Topliss-reactive ketones (excluding diaryl/α,β-unsaturated/α-hetero) is 1. The van der Waals surface area contributed by atoms with Gasteiger partial charge in [0.2, 0.25) is 0 Å². The van der Waals surface area contributed by atoms with E-state index in [-0.39, 0.29) is 16.1 Å². The van der Waals surface area contributed by atoms with Gasteiger partial charge in [-0.15, -0.1) is 0 Å². The summed E-state index contributed by atoms with van der Waals surface area (Å²) < 4.78 is 24.9. The molecular formula is C14H10FNO4S. The van der Waals surface area contributed by atoms with Crippen LogP contribution in [0.15, 0.2) is 53.4 Å². The van der Waals surface area contributed by atoms with E-state index in [4.69, 9.17) is 0 Å². The predicted molar refractivity (Wildman–Crippen MR) is 75.1 cm³/mol. The normalized spacial score (nSPS) is 11.9. The summed E-state index contributed by atoms with van der Waals surface area (Å²) in [4.78, 5) is 22.2. The van der Waals surface area contributed by atoms with Crippen LogP contribution in [0.4, 0.5) is 10.1 Å². The molecule has 5 nitrogen and oxygen atoms in total. The van der Waals surface area contributed by atoms with Crippen molar-refractivity contribution in [1.29, 1.82) is 0 Å². The Kier molecular flexibility index (Phi) is 4.54. The number of rotatable bonds is 5. The zero-order valence-corrected chi connectivity index (χ0v) is 11.5. The summed E-state index contributed by atoms with van der Waals surface area (Å²) in [6.07, 6.45) is 0. The number of nitro groups is 1. The third-order valence-corrected chi connectivity index (χ3v) is 4.10.